The Labute approximate surface area is 159 Å². The van der Waals surface area contributed by atoms with Gasteiger partial charge in [0, 0.05) is 31.0 Å². The van der Waals surface area contributed by atoms with E-state index in [-0.39, 0.29) is 24.8 Å². The fourth-order valence-electron chi connectivity index (χ4n) is 2.46. The molecule has 0 aliphatic rings. The summed E-state index contributed by atoms with van der Waals surface area (Å²) >= 11 is 0. The standard InChI is InChI=1S/C21H24N2O4/c1-3-14-27-19-9-7-18(8-10-19)21(25)23(13-11-20(24)26-4-2)16-17-6-5-12-22-15-17/h3,5-10,12,15H,1,4,11,13-14,16H2,2H3. The van der Waals surface area contributed by atoms with Gasteiger partial charge in [0.15, 0.2) is 0 Å². The largest absolute Gasteiger partial charge is 0.490 e. The lowest BCUT2D eigenvalue weighted by Crippen LogP contribution is -2.33. The second kappa shape index (κ2) is 10.8. The average Bonchev–Trinajstić information content (AvgIpc) is 2.70. The molecule has 0 unspecified atom stereocenters. The number of rotatable bonds is 10. The van der Waals surface area contributed by atoms with Crippen molar-refractivity contribution in [3.05, 3.63) is 72.6 Å². The van der Waals surface area contributed by atoms with Gasteiger partial charge in [-0.3, -0.25) is 14.6 Å². The van der Waals surface area contributed by atoms with Crippen molar-refractivity contribution in [2.24, 2.45) is 0 Å². The lowest BCUT2D eigenvalue weighted by atomic mass is 10.1. The van der Waals surface area contributed by atoms with Crippen LogP contribution in [-0.4, -0.2) is 41.5 Å². The van der Waals surface area contributed by atoms with Gasteiger partial charge in [-0.15, -0.1) is 0 Å². The van der Waals surface area contributed by atoms with Crippen LogP contribution in [-0.2, 0) is 16.1 Å². The van der Waals surface area contributed by atoms with Crippen molar-refractivity contribution < 1.29 is 19.1 Å². The fourth-order valence-corrected chi connectivity index (χ4v) is 2.46. The number of carbonyl (C=O) groups excluding carboxylic acids is 2. The maximum absolute atomic E-state index is 12.9. The van der Waals surface area contributed by atoms with Crippen LogP contribution in [0.15, 0.2) is 61.4 Å². The van der Waals surface area contributed by atoms with E-state index in [9.17, 15) is 9.59 Å². The zero-order chi connectivity index (χ0) is 19.5. The predicted molar refractivity (Wildman–Crippen MR) is 102 cm³/mol. The van der Waals surface area contributed by atoms with Gasteiger partial charge in [-0.2, -0.15) is 0 Å². The Morgan fingerprint density at radius 3 is 2.63 bits per heavy atom. The Morgan fingerprint density at radius 1 is 1.22 bits per heavy atom. The van der Waals surface area contributed by atoms with Crippen LogP contribution in [0.3, 0.4) is 0 Å². The van der Waals surface area contributed by atoms with Crippen molar-refractivity contribution >= 4 is 11.9 Å². The molecule has 1 aromatic heterocycles. The van der Waals surface area contributed by atoms with E-state index >= 15 is 0 Å². The SMILES string of the molecule is C=CCOc1ccc(C(=O)N(CCC(=O)OCC)Cc2cccnc2)cc1. The van der Waals surface area contributed by atoms with Crippen molar-refractivity contribution in [1.29, 1.82) is 0 Å². The van der Waals surface area contributed by atoms with Crippen LogP contribution in [0, 0.1) is 0 Å². The van der Waals surface area contributed by atoms with Crippen LogP contribution in [0.5, 0.6) is 5.75 Å². The molecule has 0 saturated heterocycles. The van der Waals surface area contributed by atoms with Gasteiger partial charge < -0.3 is 14.4 Å². The fraction of sp³-hybridized carbons (Fsp3) is 0.286. The van der Waals surface area contributed by atoms with E-state index in [0.29, 0.717) is 31.1 Å². The monoisotopic (exact) mass is 368 g/mol. The van der Waals surface area contributed by atoms with E-state index in [2.05, 4.69) is 11.6 Å². The number of nitrogens with zero attached hydrogens (tertiary/aromatic N) is 2. The van der Waals surface area contributed by atoms with Gasteiger partial charge >= 0.3 is 5.97 Å². The Balaban J connectivity index is 2.11. The summed E-state index contributed by atoms with van der Waals surface area (Å²) in [4.78, 5) is 30.3. The number of benzene rings is 1. The summed E-state index contributed by atoms with van der Waals surface area (Å²) in [5.74, 6) is 0.171. The highest BCUT2D eigenvalue weighted by molar-refractivity contribution is 5.94. The van der Waals surface area contributed by atoms with Gasteiger partial charge in [0.1, 0.15) is 12.4 Å². The number of aromatic nitrogens is 1. The number of hydrogen-bond donors (Lipinski definition) is 0. The van der Waals surface area contributed by atoms with Crippen molar-refractivity contribution in [3.8, 4) is 5.75 Å². The first-order chi connectivity index (χ1) is 13.1. The van der Waals surface area contributed by atoms with E-state index in [4.69, 9.17) is 9.47 Å². The summed E-state index contributed by atoms with van der Waals surface area (Å²) in [6.45, 7) is 6.71. The molecule has 1 aromatic carbocycles. The number of ether oxygens (including phenoxy) is 2. The summed E-state index contributed by atoms with van der Waals surface area (Å²) in [6.07, 6.45) is 5.18. The molecule has 0 spiro atoms. The molecular weight excluding hydrogens is 344 g/mol. The van der Waals surface area contributed by atoms with E-state index in [0.717, 1.165) is 5.56 Å². The first kappa shape index (κ1) is 20.2. The van der Waals surface area contributed by atoms with Gasteiger partial charge in [-0.05, 0) is 42.8 Å². The second-order valence-corrected chi connectivity index (χ2v) is 5.77. The molecule has 0 aliphatic carbocycles. The van der Waals surface area contributed by atoms with E-state index in [1.807, 2.05) is 12.1 Å². The van der Waals surface area contributed by atoms with Gasteiger partial charge in [0.2, 0.25) is 0 Å². The Kier molecular flexibility index (Phi) is 8.03. The van der Waals surface area contributed by atoms with Gasteiger partial charge in [-0.25, -0.2) is 0 Å². The number of carbonyl (C=O) groups is 2. The molecule has 1 amide bonds. The van der Waals surface area contributed by atoms with Crippen LogP contribution in [0.25, 0.3) is 0 Å². The molecule has 2 aromatic rings. The van der Waals surface area contributed by atoms with Crippen LogP contribution >= 0.6 is 0 Å². The maximum Gasteiger partial charge on any atom is 0.307 e. The summed E-state index contributed by atoms with van der Waals surface area (Å²) in [7, 11) is 0. The molecular formula is C21H24N2O4. The summed E-state index contributed by atoms with van der Waals surface area (Å²) < 4.78 is 10.4. The summed E-state index contributed by atoms with van der Waals surface area (Å²) in [5.41, 5.74) is 1.41. The third-order valence-electron chi connectivity index (χ3n) is 3.74. The highest BCUT2D eigenvalue weighted by Crippen LogP contribution is 2.15. The Morgan fingerprint density at radius 2 is 2.00 bits per heavy atom. The molecule has 0 atom stereocenters. The molecule has 0 N–H and O–H groups in total. The van der Waals surface area contributed by atoms with E-state index in [1.54, 1.807) is 54.6 Å². The first-order valence-electron chi connectivity index (χ1n) is 8.81. The third-order valence-corrected chi connectivity index (χ3v) is 3.74. The molecule has 0 fully saturated rings. The van der Waals surface area contributed by atoms with Crippen molar-refractivity contribution in [2.75, 3.05) is 19.8 Å². The predicted octanol–water partition coefficient (Wildman–Crippen LogP) is 3.24. The second-order valence-electron chi connectivity index (χ2n) is 5.77. The first-order valence-corrected chi connectivity index (χ1v) is 8.81. The maximum atomic E-state index is 12.9. The lowest BCUT2D eigenvalue weighted by Gasteiger charge is -2.22. The molecule has 0 radical (unpaired) electrons. The molecule has 6 heteroatoms. The number of hydrogen-bond acceptors (Lipinski definition) is 5. The summed E-state index contributed by atoms with van der Waals surface area (Å²) in [5, 5.41) is 0. The highest BCUT2D eigenvalue weighted by atomic mass is 16.5. The normalized spacial score (nSPS) is 10.1. The quantitative estimate of drug-likeness (QED) is 0.476. The molecule has 0 bridgehead atoms. The molecule has 0 aliphatic heterocycles. The number of pyridine rings is 1. The van der Waals surface area contributed by atoms with Gasteiger partial charge in [0.05, 0.1) is 13.0 Å². The zero-order valence-corrected chi connectivity index (χ0v) is 15.5. The van der Waals surface area contributed by atoms with E-state index in [1.165, 1.54) is 0 Å². The zero-order valence-electron chi connectivity index (χ0n) is 15.5. The minimum absolute atomic E-state index is 0.139. The average molecular weight is 368 g/mol. The third kappa shape index (κ3) is 6.58. The number of amides is 1. The molecule has 6 nitrogen and oxygen atoms in total. The van der Waals surface area contributed by atoms with E-state index < -0.39 is 0 Å². The smallest absolute Gasteiger partial charge is 0.307 e. The highest BCUT2D eigenvalue weighted by Gasteiger charge is 2.18. The summed E-state index contributed by atoms with van der Waals surface area (Å²) in [6, 6.07) is 10.6. The van der Waals surface area contributed by atoms with Crippen molar-refractivity contribution in [1.82, 2.24) is 9.88 Å². The minimum atomic E-state index is -0.324. The molecule has 0 saturated carbocycles. The van der Waals surface area contributed by atoms with Gasteiger partial charge in [0.25, 0.3) is 5.91 Å². The molecule has 2 rings (SSSR count). The van der Waals surface area contributed by atoms with Crippen LogP contribution in [0.2, 0.25) is 0 Å². The van der Waals surface area contributed by atoms with Crippen LogP contribution in [0.4, 0.5) is 0 Å². The Hall–Kier alpha value is -3.15. The number of esters is 1. The molecule has 1 heterocycles. The molecule has 142 valence electrons. The van der Waals surface area contributed by atoms with Crippen LogP contribution < -0.4 is 4.74 Å². The lowest BCUT2D eigenvalue weighted by molar-refractivity contribution is -0.143. The molecule has 27 heavy (non-hydrogen) atoms. The topological polar surface area (TPSA) is 68.7 Å². The van der Waals surface area contributed by atoms with Gasteiger partial charge in [-0.1, -0.05) is 18.7 Å². The van der Waals surface area contributed by atoms with Crippen molar-refractivity contribution in [3.63, 3.8) is 0 Å². The Bertz CT molecular complexity index is 745. The van der Waals surface area contributed by atoms with Crippen molar-refractivity contribution in [2.45, 2.75) is 19.9 Å². The van der Waals surface area contributed by atoms with Crippen LogP contribution in [0.1, 0.15) is 29.3 Å². The minimum Gasteiger partial charge on any atom is -0.490 e.